The highest BCUT2D eigenvalue weighted by Gasteiger charge is 2.18. The van der Waals surface area contributed by atoms with Crippen molar-refractivity contribution in [2.24, 2.45) is 7.05 Å². The second kappa shape index (κ2) is 4.29. The van der Waals surface area contributed by atoms with E-state index in [0.29, 0.717) is 10.7 Å². The van der Waals surface area contributed by atoms with Gasteiger partial charge in [-0.3, -0.25) is 14.8 Å². The van der Waals surface area contributed by atoms with E-state index < -0.39 is 0 Å². The zero-order valence-corrected chi connectivity index (χ0v) is 11.1. The molecule has 90 valence electrons. The van der Waals surface area contributed by atoms with Crippen molar-refractivity contribution in [2.75, 3.05) is 5.32 Å². The summed E-state index contributed by atoms with van der Waals surface area (Å²) in [4.78, 5) is 16.3. The Morgan fingerprint density at radius 1 is 1.41 bits per heavy atom. The van der Waals surface area contributed by atoms with Gasteiger partial charge in [0, 0.05) is 18.1 Å². The maximum Gasteiger partial charge on any atom is 0.261 e. The van der Waals surface area contributed by atoms with Crippen LogP contribution in [-0.4, -0.2) is 20.7 Å². The van der Waals surface area contributed by atoms with Crippen LogP contribution in [0.1, 0.15) is 27.4 Å². The normalized spacial score (nSPS) is 10.6. The molecule has 0 radical (unpaired) electrons. The lowest BCUT2D eigenvalue weighted by Gasteiger charge is -2.01. The third kappa shape index (κ3) is 2.21. The number of aromatic nitrogens is 3. The monoisotopic (exact) mass is 250 g/mol. The van der Waals surface area contributed by atoms with Gasteiger partial charge < -0.3 is 0 Å². The Morgan fingerprint density at radius 3 is 2.59 bits per heavy atom. The fraction of sp³-hybridized carbons (Fsp3) is 0.364. The lowest BCUT2D eigenvalue weighted by molar-refractivity contribution is 0.102. The van der Waals surface area contributed by atoms with Gasteiger partial charge in [0.15, 0.2) is 5.13 Å². The summed E-state index contributed by atoms with van der Waals surface area (Å²) in [5.41, 5.74) is 3.12. The molecular weight excluding hydrogens is 236 g/mol. The zero-order valence-electron chi connectivity index (χ0n) is 10.2. The van der Waals surface area contributed by atoms with E-state index in [-0.39, 0.29) is 5.91 Å². The number of rotatable bonds is 2. The van der Waals surface area contributed by atoms with Gasteiger partial charge in [0.25, 0.3) is 5.91 Å². The van der Waals surface area contributed by atoms with Crippen LogP contribution in [0.15, 0.2) is 5.38 Å². The molecule has 0 atom stereocenters. The third-order valence-electron chi connectivity index (χ3n) is 2.58. The lowest BCUT2D eigenvalue weighted by atomic mass is 10.2. The second-order valence-electron chi connectivity index (χ2n) is 3.92. The maximum atomic E-state index is 12.1. The molecule has 0 aliphatic heterocycles. The molecule has 0 bridgehead atoms. The van der Waals surface area contributed by atoms with E-state index in [1.54, 1.807) is 4.68 Å². The van der Waals surface area contributed by atoms with Crippen LogP contribution in [0, 0.1) is 20.8 Å². The third-order valence-corrected chi connectivity index (χ3v) is 3.45. The highest BCUT2D eigenvalue weighted by atomic mass is 32.1. The summed E-state index contributed by atoms with van der Waals surface area (Å²) in [6.07, 6.45) is 0. The Morgan fingerprint density at radius 2 is 2.12 bits per heavy atom. The molecule has 2 rings (SSSR count). The Kier molecular flexibility index (Phi) is 2.97. The Labute approximate surface area is 103 Å². The largest absolute Gasteiger partial charge is 0.298 e. The number of carbonyl (C=O) groups is 1. The number of nitrogens with zero attached hydrogens (tertiary/aromatic N) is 3. The summed E-state index contributed by atoms with van der Waals surface area (Å²) >= 11 is 1.42. The molecule has 0 aliphatic rings. The first-order valence-electron chi connectivity index (χ1n) is 5.22. The van der Waals surface area contributed by atoms with Crippen LogP contribution in [0.25, 0.3) is 0 Å². The van der Waals surface area contributed by atoms with E-state index in [2.05, 4.69) is 15.4 Å². The van der Waals surface area contributed by atoms with E-state index >= 15 is 0 Å². The number of hydrogen-bond acceptors (Lipinski definition) is 4. The number of amides is 1. The van der Waals surface area contributed by atoms with Crippen molar-refractivity contribution < 1.29 is 4.79 Å². The zero-order chi connectivity index (χ0) is 12.6. The quantitative estimate of drug-likeness (QED) is 0.887. The molecule has 2 aromatic heterocycles. The SMILES string of the molecule is Cc1csc(NC(=O)c2c(C)nn(C)c2C)n1. The molecule has 0 aliphatic carbocycles. The van der Waals surface area contributed by atoms with Gasteiger partial charge in [-0.15, -0.1) is 11.3 Å². The molecule has 0 spiro atoms. The van der Waals surface area contributed by atoms with E-state index in [1.165, 1.54) is 11.3 Å². The first-order chi connectivity index (χ1) is 7.99. The van der Waals surface area contributed by atoms with Crippen LogP contribution in [0.2, 0.25) is 0 Å². The summed E-state index contributed by atoms with van der Waals surface area (Å²) < 4.78 is 1.71. The van der Waals surface area contributed by atoms with Crippen LogP contribution in [0.4, 0.5) is 5.13 Å². The van der Waals surface area contributed by atoms with Crippen molar-refractivity contribution in [1.82, 2.24) is 14.8 Å². The average molecular weight is 250 g/mol. The predicted molar refractivity (Wildman–Crippen MR) is 67.5 cm³/mol. The molecule has 0 saturated heterocycles. The number of nitrogens with one attached hydrogen (secondary N) is 1. The first kappa shape index (κ1) is 11.8. The molecule has 0 aromatic carbocycles. The standard InChI is InChI=1S/C11H14N4OS/c1-6-5-17-11(12-6)13-10(16)9-7(2)14-15(4)8(9)3/h5H,1-4H3,(H,12,13,16). The van der Waals surface area contributed by atoms with E-state index in [4.69, 9.17) is 0 Å². The predicted octanol–water partition coefficient (Wildman–Crippen LogP) is 2.05. The molecule has 1 amide bonds. The number of thiazole rings is 1. The smallest absolute Gasteiger partial charge is 0.261 e. The first-order valence-corrected chi connectivity index (χ1v) is 6.10. The molecule has 1 N–H and O–H groups in total. The summed E-state index contributed by atoms with van der Waals surface area (Å²) in [6, 6.07) is 0. The highest BCUT2D eigenvalue weighted by molar-refractivity contribution is 7.13. The summed E-state index contributed by atoms with van der Waals surface area (Å²) in [5.74, 6) is -0.151. The summed E-state index contributed by atoms with van der Waals surface area (Å²) in [5, 5.41) is 9.53. The number of anilines is 1. The van der Waals surface area contributed by atoms with Crippen LogP contribution in [0.3, 0.4) is 0 Å². The Bertz CT molecular complexity index is 570. The summed E-state index contributed by atoms with van der Waals surface area (Å²) in [6.45, 7) is 5.60. The molecule has 0 fully saturated rings. The molecule has 17 heavy (non-hydrogen) atoms. The lowest BCUT2D eigenvalue weighted by Crippen LogP contribution is -2.13. The topological polar surface area (TPSA) is 59.8 Å². The number of hydrogen-bond donors (Lipinski definition) is 1. The van der Waals surface area contributed by atoms with Crippen LogP contribution >= 0.6 is 11.3 Å². The molecule has 6 heteroatoms. The minimum absolute atomic E-state index is 0.151. The van der Waals surface area contributed by atoms with E-state index in [1.807, 2.05) is 33.2 Å². The highest BCUT2D eigenvalue weighted by Crippen LogP contribution is 2.18. The van der Waals surface area contributed by atoms with Crippen LogP contribution in [-0.2, 0) is 7.05 Å². The van der Waals surface area contributed by atoms with Crippen LogP contribution < -0.4 is 5.32 Å². The van der Waals surface area contributed by atoms with Crippen LogP contribution in [0.5, 0.6) is 0 Å². The van der Waals surface area contributed by atoms with Crippen molar-refractivity contribution in [3.05, 3.63) is 28.0 Å². The maximum absolute atomic E-state index is 12.1. The van der Waals surface area contributed by atoms with Crippen molar-refractivity contribution >= 4 is 22.4 Å². The van der Waals surface area contributed by atoms with Gasteiger partial charge in [0.05, 0.1) is 17.0 Å². The van der Waals surface area contributed by atoms with Gasteiger partial charge in [0.1, 0.15) is 0 Å². The van der Waals surface area contributed by atoms with Crippen molar-refractivity contribution in [2.45, 2.75) is 20.8 Å². The number of carbonyl (C=O) groups excluding carboxylic acids is 1. The van der Waals surface area contributed by atoms with Crippen molar-refractivity contribution in [3.8, 4) is 0 Å². The minimum atomic E-state index is -0.151. The molecular formula is C11H14N4OS. The van der Waals surface area contributed by atoms with Crippen molar-refractivity contribution in [1.29, 1.82) is 0 Å². The number of aryl methyl sites for hydroxylation is 3. The van der Waals surface area contributed by atoms with Gasteiger partial charge in [0.2, 0.25) is 0 Å². The van der Waals surface area contributed by atoms with Crippen molar-refractivity contribution in [3.63, 3.8) is 0 Å². The fourth-order valence-corrected chi connectivity index (χ4v) is 2.36. The van der Waals surface area contributed by atoms with E-state index in [9.17, 15) is 4.79 Å². The van der Waals surface area contributed by atoms with Gasteiger partial charge >= 0.3 is 0 Å². The minimum Gasteiger partial charge on any atom is -0.298 e. The second-order valence-corrected chi connectivity index (χ2v) is 4.78. The van der Waals surface area contributed by atoms with E-state index in [0.717, 1.165) is 17.1 Å². The molecule has 2 heterocycles. The average Bonchev–Trinajstić information content (AvgIpc) is 2.73. The molecule has 5 nitrogen and oxygen atoms in total. The van der Waals surface area contributed by atoms with Gasteiger partial charge in [-0.2, -0.15) is 5.10 Å². The molecule has 2 aromatic rings. The molecule has 0 unspecified atom stereocenters. The van der Waals surface area contributed by atoms with Gasteiger partial charge in [-0.1, -0.05) is 0 Å². The van der Waals surface area contributed by atoms with Gasteiger partial charge in [-0.05, 0) is 20.8 Å². The van der Waals surface area contributed by atoms with Gasteiger partial charge in [-0.25, -0.2) is 4.98 Å². The Balaban J connectivity index is 2.26. The summed E-state index contributed by atoms with van der Waals surface area (Å²) in [7, 11) is 1.83. The fourth-order valence-electron chi connectivity index (χ4n) is 1.67. The molecule has 0 saturated carbocycles. The Hall–Kier alpha value is -1.69.